The van der Waals surface area contributed by atoms with E-state index in [0.29, 0.717) is 6.54 Å². The van der Waals surface area contributed by atoms with Gasteiger partial charge in [0.15, 0.2) is 9.84 Å². The molecule has 0 spiro atoms. The molecule has 2 N–H and O–H groups in total. The molecule has 1 fully saturated rings. The van der Waals surface area contributed by atoms with Crippen molar-refractivity contribution in [3.8, 4) is 0 Å². The summed E-state index contributed by atoms with van der Waals surface area (Å²) in [5.74, 6) is -0.0596. The van der Waals surface area contributed by atoms with Crippen LogP contribution in [0, 0.1) is 0 Å². The van der Waals surface area contributed by atoms with Gasteiger partial charge in [-0.3, -0.25) is 0 Å². The summed E-state index contributed by atoms with van der Waals surface area (Å²) in [6.45, 7) is 2.74. The summed E-state index contributed by atoms with van der Waals surface area (Å²) in [6, 6.07) is 5.62. The van der Waals surface area contributed by atoms with Crippen LogP contribution in [-0.2, 0) is 19.9 Å². The van der Waals surface area contributed by atoms with Crippen molar-refractivity contribution in [2.24, 2.45) is 0 Å². The Morgan fingerprint density at radius 3 is 2.50 bits per heavy atom. The largest absolute Gasteiger partial charge is 0.313 e. The number of rotatable bonds is 6. The van der Waals surface area contributed by atoms with Crippen LogP contribution in [0.4, 0.5) is 0 Å². The summed E-state index contributed by atoms with van der Waals surface area (Å²) in [4.78, 5) is 0.0156. The third-order valence-electron chi connectivity index (χ3n) is 3.54. The van der Waals surface area contributed by atoms with Crippen molar-refractivity contribution in [3.63, 3.8) is 0 Å². The van der Waals surface area contributed by atoms with Crippen LogP contribution in [0.25, 0.3) is 0 Å². The van der Waals surface area contributed by atoms with Gasteiger partial charge in [-0.1, -0.05) is 13.0 Å². The monoisotopic (exact) mass is 368 g/mol. The number of benzene rings is 1. The number of halogens is 1. The van der Waals surface area contributed by atoms with Crippen LogP contribution in [0.15, 0.2) is 34.1 Å². The number of hydrogen-bond acceptors (Lipinski definition) is 5. The minimum atomic E-state index is -3.69. The summed E-state index contributed by atoms with van der Waals surface area (Å²) >= 11 is 0. The van der Waals surface area contributed by atoms with Crippen molar-refractivity contribution < 1.29 is 16.8 Å². The van der Waals surface area contributed by atoms with Gasteiger partial charge < -0.3 is 5.32 Å². The van der Waals surface area contributed by atoms with Crippen LogP contribution in [0.1, 0.15) is 19.8 Å². The lowest BCUT2D eigenvalue weighted by molar-refractivity contribution is 0.551. The van der Waals surface area contributed by atoms with E-state index in [1.807, 2.05) is 0 Å². The van der Waals surface area contributed by atoms with Crippen molar-refractivity contribution in [3.05, 3.63) is 24.3 Å². The highest BCUT2D eigenvalue weighted by molar-refractivity contribution is 7.91. The van der Waals surface area contributed by atoms with E-state index in [-0.39, 0.29) is 34.0 Å². The molecular formula is C13H21ClN2O4S2. The molecule has 0 saturated carbocycles. The normalized spacial score (nSPS) is 18.9. The van der Waals surface area contributed by atoms with Crippen molar-refractivity contribution in [1.82, 2.24) is 10.0 Å². The third kappa shape index (κ3) is 4.66. The summed E-state index contributed by atoms with van der Waals surface area (Å²) in [5, 5.41) is 3.20. The minimum absolute atomic E-state index is 0. The van der Waals surface area contributed by atoms with Gasteiger partial charge in [-0.2, -0.15) is 0 Å². The first-order chi connectivity index (χ1) is 9.85. The Kier molecular flexibility index (Phi) is 6.82. The fourth-order valence-corrected chi connectivity index (χ4v) is 4.35. The molecule has 0 amide bonds. The van der Waals surface area contributed by atoms with Crippen molar-refractivity contribution in [1.29, 1.82) is 0 Å². The SMILES string of the molecule is CCS(=O)(=O)c1cccc(S(=O)(=O)NCC2CCCN2)c1.Cl. The first-order valence-corrected chi connectivity index (χ1v) is 10.0. The first-order valence-electron chi connectivity index (χ1n) is 6.91. The fourth-order valence-electron chi connectivity index (χ4n) is 2.23. The lowest BCUT2D eigenvalue weighted by Crippen LogP contribution is -2.37. The molecule has 6 nitrogen and oxygen atoms in total. The summed E-state index contributed by atoms with van der Waals surface area (Å²) in [5.41, 5.74) is 0. The van der Waals surface area contributed by atoms with E-state index in [1.54, 1.807) is 0 Å². The molecule has 22 heavy (non-hydrogen) atoms. The van der Waals surface area contributed by atoms with Gasteiger partial charge in [-0.25, -0.2) is 21.6 Å². The van der Waals surface area contributed by atoms with Crippen LogP contribution < -0.4 is 10.0 Å². The van der Waals surface area contributed by atoms with Gasteiger partial charge in [0.2, 0.25) is 10.0 Å². The van der Waals surface area contributed by atoms with Crippen LogP contribution in [0.5, 0.6) is 0 Å². The molecule has 1 aliphatic rings. The smallest absolute Gasteiger partial charge is 0.240 e. The summed E-state index contributed by atoms with van der Waals surface area (Å²) in [6.07, 6.45) is 1.98. The van der Waals surface area contributed by atoms with Crippen molar-refractivity contribution in [2.45, 2.75) is 35.6 Å². The number of sulfone groups is 1. The molecule has 1 aliphatic heterocycles. The Bertz CT molecular complexity index is 699. The molecule has 2 rings (SSSR count). The van der Waals surface area contributed by atoms with Crippen molar-refractivity contribution >= 4 is 32.3 Å². The van der Waals surface area contributed by atoms with Gasteiger partial charge in [0, 0.05) is 12.6 Å². The maximum atomic E-state index is 12.2. The van der Waals surface area contributed by atoms with E-state index < -0.39 is 19.9 Å². The van der Waals surface area contributed by atoms with E-state index in [9.17, 15) is 16.8 Å². The Morgan fingerprint density at radius 1 is 1.23 bits per heavy atom. The number of nitrogens with one attached hydrogen (secondary N) is 2. The predicted octanol–water partition coefficient (Wildman–Crippen LogP) is 0.932. The summed E-state index contributed by atoms with van der Waals surface area (Å²) in [7, 11) is -7.11. The standard InChI is InChI=1S/C13H20N2O4S2.ClH/c1-2-20(16,17)12-6-3-7-13(9-12)21(18,19)15-10-11-5-4-8-14-11;/h3,6-7,9,11,14-15H,2,4-5,8,10H2,1H3;1H. The zero-order valence-corrected chi connectivity index (χ0v) is 14.7. The number of sulfonamides is 1. The van der Waals surface area contributed by atoms with Crippen LogP contribution >= 0.6 is 12.4 Å². The van der Waals surface area contributed by atoms with E-state index in [1.165, 1.54) is 31.2 Å². The zero-order valence-electron chi connectivity index (χ0n) is 12.3. The molecule has 1 saturated heterocycles. The second-order valence-corrected chi connectivity index (χ2v) is 9.07. The van der Waals surface area contributed by atoms with Gasteiger partial charge in [-0.05, 0) is 37.6 Å². The average molecular weight is 369 g/mol. The lowest BCUT2D eigenvalue weighted by atomic mass is 10.2. The van der Waals surface area contributed by atoms with E-state index >= 15 is 0 Å². The molecule has 126 valence electrons. The highest BCUT2D eigenvalue weighted by atomic mass is 35.5. The quantitative estimate of drug-likeness (QED) is 0.779. The first kappa shape index (κ1) is 19.4. The molecule has 1 atom stereocenters. The second kappa shape index (κ2) is 7.74. The number of hydrogen-bond donors (Lipinski definition) is 2. The van der Waals surface area contributed by atoms with Crippen LogP contribution in [-0.4, -0.2) is 41.7 Å². The molecule has 0 aliphatic carbocycles. The molecule has 1 heterocycles. The second-order valence-electron chi connectivity index (χ2n) is 5.02. The van der Waals surface area contributed by atoms with Gasteiger partial charge in [0.25, 0.3) is 0 Å². The Hall–Kier alpha value is -0.670. The van der Waals surface area contributed by atoms with Gasteiger partial charge in [-0.15, -0.1) is 12.4 Å². The van der Waals surface area contributed by atoms with Crippen molar-refractivity contribution in [2.75, 3.05) is 18.8 Å². The highest BCUT2D eigenvalue weighted by Crippen LogP contribution is 2.17. The molecule has 0 radical (unpaired) electrons. The Balaban J connectivity index is 0.00000242. The molecule has 0 bridgehead atoms. The average Bonchev–Trinajstić information content (AvgIpc) is 2.99. The maximum absolute atomic E-state index is 12.2. The van der Waals surface area contributed by atoms with E-state index in [2.05, 4.69) is 10.0 Å². The van der Waals surface area contributed by atoms with E-state index in [0.717, 1.165) is 19.4 Å². The predicted molar refractivity (Wildman–Crippen MR) is 87.6 cm³/mol. The van der Waals surface area contributed by atoms with E-state index in [4.69, 9.17) is 0 Å². The molecule has 1 aromatic rings. The molecule has 1 unspecified atom stereocenters. The third-order valence-corrected chi connectivity index (χ3v) is 6.69. The van der Waals surface area contributed by atoms with Crippen LogP contribution in [0.3, 0.4) is 0 Å². The zero-order chi connectivity index (χ0) is 15.5. The van der Waals surface area contributed by atoms with Gasteiger partial charge in [0.1, 0.15) is 0 Å². The molecule has 9 heteroatoms. The fraction of sp³-hybridized carbons (Fsp3) is 0.538. The Morgan fingerprint density at radius 2 is 1.91 bits per heavy atom. The highest BCUT2D eigenvalue weighted by Gasteiger charge is 2.21. The summed E-state index contributed by atoms with van der Waals surface area (Å²) < 4.78 is 50.6. The minimum Gasteiger partial charge on any atom is -0.313 e. The lowest BCUT2D eigenvalue weighted by Gasteiger charge is -2.12. The molecule has 1 aromatic carbocycles. The van der Waals surface area contributed by atoms with Gasteiger partial charge >= 0.3 is 0 Å². The molecular weight excluding hydrogens is 348 g/mol. The van der Waals surface area contributed by atoms with Crippen LogP contribution in [0.2, 0.25) is 0 Å². The van der Waals surface area contributed by atoms with Gasteiger partial charge in [0.05, 0.1) is 15.5 Å². The molecule has 0 aromatic heterocycles. The Labute approximate surface area is 138 Å². The maximum Gasteiger partial charge on any atom is 0.240 e. The topological polar surface area (TPSA) is 92.3 Å².